The van der Waals surface area contributed by atoms with Crippen LogP contribution in [0.4, 0.5) is 5.69 Å². The number of nitro groups is 1. The van der Waals surface area contributed by atoms with E-state index in [-0.39, 0.29) is 5.69 Å². The highest BCUT2D eigenvalue weighted by Crippen LogP contribution is 2.29. The fourth-order valence-electron chi connectivity index (χ4n) is 1.35. The number of pyridine rings is 1. The lowest BCUT2D eigenvalue weighted by Gasteiger charge is -2.02. The third kappa shape index (κ3) is 2.01. The zero-order valence-corrected chi connectivity index (χ0v) is 8.89. The van der Waals surface area contributed by atoms with Gasteiger partial charge in [-0.25, -0.2) is 0 Å². The number of hydrogen-bond acceptors (Lipinski definition) is 3. The third-order valence-electron chi connectivity index (χ3n) is 2.10. The molecule has 5 heteroatoms. The summed E-state index contributed by atoms with van der Waals surface area (Å²) in [5.41, 5.74) is 1.19. The minimum atomic E-state index is -0.456. The monoisotopic (exact) mass is 234 g/mol. The predicted octanol–water partition coefficient (Wildman–Crippen LogP) is 3.31. The van der Waals surface area contributed by atoms with Gasteiger partial charge < -0.3 is 0 Å². The Hall–Kier alpha value is -1.94. The molecule has 0 unspecified atom stereocenters. The molecule has 0 N–H and O–H groups in total. The van der Waals surface area contributed by atoms with Crippen LogP contribution >= 0.6 is 11.6 Å². The first kappa shape index (κ1) is 10.6. The van der Waals surface area contributed by atoms with Crippen LogP contribution in [-0.4, -0.2) is 9.91 Å². The zero-order chi connectivity index (χ0) is 11.5. The molecule has 0 aliphatic rings. The van der Waals surface area contributed by atoms with Gasteiger partial charge in [0, 0.05) is 23.9 Å². The van der Waals surface area contributed by atoms with Crippen molar-refractivity contribution in [2.75, 3.05) is 0 Å². The van der Waals surface area contributed by atoms with Crippen LogP contribution in [0.5, 0.6) is 0 Å². The maximum atomic E-state index is 10.6. The highest BCUT2D eigenvalue weighted by atomic mass is 35.5. The first-order valence-electron chi connectivity index (χ1n) is 4.54. The first-order valence-corrected chi connectivity index (χ1v) is 4.91. The van der Waals surface area contributed by atoms with Crippen LogP contribution < -0.4 is 0 Å². The molecule has 0 amide bonds. The molecule has 16 heavy (non-hydrogen) atoms. The Morgan fingerprint density at radius 3 is 2.69 bits per heavy atom. The third-order valence-corrected chi connectivity index (χ3v) is 2.43. The van der Waals surface area contributed by atoms with E-state index in [9.17, 15) is 10.1 Å². The van der Waals surface area contributed by atoms with Crippen molar-refractivity contribution in [2.24, 2.45) is 0 Å². The molecule has 80 valence electrons. The number of non-ortho nitro benzene ring substituents is 1. The summed E-state index contributed by atoms with van der Waals surface area (Å²) < 4.78 is 0. The van der Waals surface area contributed by atoms with Crippen LogP contribution in [-0.2, 0) is 0 Å². The molecule has 0 saturated carbocycles. The molecule has 2 rings (SSSR count). The Bertz CT molecular complexity index is 529. The van der Waals surface area contributed by atoms with Crippen molar-refractivity contribution in [3.63, 3.8) is 0 Å². The summed E-state index contributed by atoms with van der Waals surface area (Å²) in [5.74, 6) is 0. The van der Waals surface area contributed by atoms with E-state index < -0.39 is 4.92 Å². The smallest absolute Gasteiger partial charge is 0.258 e. The highest BCUT2D eigenvalue weighted by molar-refractivity contribution is 6.33. The van der Waals surface area contributed by atoms with Gasteiger partial charge in [-0.15, -0.1) is 0 Å². The molecule has 0 bridgehead atoms. The second-order valence-corrected chi connectivity index (χ2v) is 3.54. The average Bonchev–Trinajstić information content (AvgIpc) is 2.30. The molecule has 0 saturated heterocycles. The SMILES string of the molecule is O=[N+]([O-])c1ccc(Cl)c(-c2ccccn2)c1. The minimum absolute atomic E-state index is 0.00468. The van der Waals surface area contributed by atoms with E-state index in [0.717, 1.165) is 0 Å². The van der Waals surface area contributed by atoms with Crippen LogP contribution in [0, 0.1) is 10.1 Å². The first-order chi connectivity index (χ1) is 7.68. The molecule has 0 aliphatic carbocycles. The lowest BCUT2D eigenvalue weighted by Crippen LogP contribution is -1.90. The molecule has 1 heterocycles. The van der Waals surface area contributed by atoms with Gasteiger partial charge in [-0.05, 0) is 18.2 Å². The fraction of sp³-hybridized carbons (Fsp3) is 0. The Labute approximate surface area is 96.7 Å². The summed E-state index contributed by atoms with van der Waals surface area (Å²) in [6, 6.07) is 9.63. The molecule has 1 aromatic heterocycles. The van der Waals surface area contributed by atoms with Crippen LogP contribution in [0.3, 0.4) is 0 Å². The maximum Gasteiger partial charge on any atom is 0.270 e. The maximum absolute atomic E-state index is 10.6. The Kier molecular flexibility index (Phi) is 2.83. The average molecular weight is 235 g/mol. The quantitative estimate of drug-likeness (QED) is 0.592. The minimum Gasteiger partial charge on any atom is -0.258 e. The summed E-state index contributed by atoms with van der Waals surface area (Å²) in [7, 11) is 0. The van der Waals surface area contributed by atoms with Crippen molar-refractivity contribution in [3.8, 4) is 11.3 Å². The van der Waals surface area contributed by atoms with Crippen LogP contribution in [0.15, 0.2) is 42.6 Å². The van der Waals surface area contributed by atoms with Gasteiger partial charge in [0.2, 0.25) is 0 Å². The van der Waals surface area contributed by atoms with Crippen molar-refractivity contribution in [1.29, 1.82) is 0 Å². The molecule has 0 radical (unpaired) electrons. The number of rotatable bonds is 2. The molecule has 2 aromatic rings. The normalized spacial score (nSPS) is 10.1. The van der Waals surface area contributed by atoms with Gasteiger partial charge in [-0.1, -0.05) is 17.7 Å². The Balaban J connectivity index is 2.56. The van der Waals surface area contributed by atoms with E-state index in [2.05, 4.69) is 4.98 Å². The van der Waals surface area contributed by atoms with Gasteiger partial charge in [0.15, 0.2) is 0 Å². The van der Waals surface area contributed by atoms with Gasteiger partial charge in [-0.2, -0.15) is 0 Å². The summed E-state index contributed by atoms with van der Waals surface area (Å²) in [6.45, 7) is 0. The fourth-order valence-corrected chi connectivity index (χ4v) is 1.56. The van der Waals surface area contributed by atoms with Crippen molar-refractivity contribution >= 4 is 17.3 Å². The standard InChI is InChI=1S/C11H7ClN2O2/c12-10-5-4-8(14(15)16)7-9(10)11-3-1-2-6-13-11/h1-7H. The van der Waals surface area contributed by atoms with Gasteiger partial charge in [0.25, 0.3) is 5.69 Å². The van der Waals surface area contributed by atoms with Crippen molar-refractivity contribution in [2.45, 2.75) is 0 Å². The van der Waals surface area contributed by atoms with E-state index in [1.165, 1.54) is 18.2 Å². The summed E-state index contributed by atoms with van der Waals surface area (Å²) >= 11 is 5.97. The van der Waals surface area contributed by atoms with Gasteiger partial charge in [0.05, 0.1) is 15.6 Å². The van der Waals surface area contributed by atoms with E-state index in [4.69, 9.17) is 11.6 Å². The largest absolute Gasteiger partial charge is 0.270 e. The second-order valence-electron chi connectivity index (χ2n) is 3.14. The number of benzene rings is 1. The van der Waals surface area contributed by atoms with Crippen molar-refractivity contribution in [3.05, 3.63) is 57.7 Å². The lowest BCUT2D eigenvalue weighted by atomic mass is 10.1. The van der Waals surface area contributed by atoms with Crippen LogP contribution in [0.2, 0.25) is 5.02 Å². The molecule has 0 atom stereocenters. The molecular formula is C11H7ClN2O2. The highest BCUT2D eigenvalue weighted by Gasteiger charge is 2.11. The van der Waals surface area contributed by atoms with E-state index in [0.29, 0.717) is 16.3 Å². The number of hydrogen-bond donors (Lipinski definition) is 0. The number of aromatic nitrogens is 1. The predicted molar refractivity (Wildman–Crippen MR) is 61.3 cm³/mol. The van der Waals surface area contributed by atoms with E-state index >= 15 is 0 Å². The zero-order valence-electron chi connectivity index (χ0n) is 8.13. The lowest BCUT2D eigenvalue weighted by molar-refractivity contribution is -0.384. The van der Waals surface area contributed by atoms with E-state index in [1.807, 2.05) is 0 Å². The Morgan fingerprint density at radius 1 is 1.25 bits per heavy atom. The molecule has 0 fully saturated rings. The number of nitrogens with zero attached hydrogens (tertiary/aromatic N) is 2. The van der Waals surface area contributed by atoms with E-state index in [1.54, 1.807) is 24.4 Å². The van der Waals surface area contributed by atoms with Crippen LogP contribution in [0.1, 0.15) is 0 Å². The summed E-state index contributed by atoms with van der Waals surface area (Å²) in [4.78, 5) is 14.3. The van der Waals surface area contributed by atoms with Gasteiger partial charge in [0.1, 0.15) is 0 Å². The topological polar surface area (TPSA) is 56.0 Å². The summed E-state index contributed by atoms with van der Waals surface area (Å²) in [5, 5.41) is 11.1. The molecular weight excluding hydrogens is 228 g/mol. The summed E-state index contributed by atoms with van der Waals surface area (Å²) in [6.07, 6.45) is 1.62. The molecule has 0 spiro atoms. The molecule has 4 nitrogen and oxygen atoms in total. The molecule has 1 aromatic carbocycles. The van der Waals surface area contributed by atoms with Crippen LogP contribution in [0.25, 0.3) is 11.3 Å². The number of halogens is 1. The molecule has 0 aliphatic heterocycles. The Morgan fingerprint density at radius 2 is 2.06 bits per heavy atom. The second kappa shape index (κ2) is 4.28. The van der Waals surface area contributed by atoms with Gasteiger partial charge >= 0.3 is 0 Å². The van der Waals surface area contributed by atoms with Gasteiger partial charge in [-0.3, -0.25) is 15.1 Å². The van der Waals surface area contributed by atoms with Crippen molar-refractivity contribution < 1.29 is 4.92 Å². The number of nitro benzene ring substituents is 1. The van der Waals surface area contributed by atoms with Crippen molar-refractivity contribution in [1.82, 2.24) is 4.98 Å².